The normalized spacial score (nSPS) is 20.7. The molecule has 2 unspecified atom stereocenters. The molecule has 1 aromatic rings. The number of anilines is 1. The Morgan fingerprint density at radius 3 is 2.52 bits per heavy atom. The molecule has 0 aliphatic carbocycles. The average Bonchev–Trinajstić information content (AvgIpc) is 2.90. The van der Waals surface area contributed by atoms with Crippen LogP contribution in [0.15, 0.2) is 24.3 Å². The third-order valence-corrected chi connectivity index (χ3v) is 4.75. The number of rotatable bonds is 7. The fraction of sp³-hybridized carbons (Fsp3) is 0.667. The van der Waals surface area contributed by atoms with Gasteiger partial charge in [0.1, 0.15) is 0 Å². The van der Waals surface area contributed by atoms with Crippen molar-refractivity contribution in [2.24, 2.45) is 0 Å². The van der Waals surface area contributed by atoms with Crippen molar-refractivity contribution in [1.29, 1.82) is 0 Å². The summed E-state index contributed by atoms with van der Waals surface area (Å²) in [5.74, 6) is 0. The lowest BCUT2D eigenvalue weighted by Crippen LogP contribution is -2.36. The zero-order valence-electron chi connectivity index (χ0n) is 14.1. The third-order valence-electron chi connectivity index (χ3n) is 4.75. The second-order valence-electron chi connectivity index (χ2n) is 6.27. The second-order valence-corrected chi connectivity index (χ2v) is 6.27. The topological polar surface area (TPSA) is 18.5 Å². The summed E-state index contributed by atoms with van der Waals surface area (Å²) >= 11 is 0. The maximum absolute atomic E-state index is 3.54. The standard InChI is InChI=1S/C18H31N3/c1-5-18(19-6-2)15-9-11-16(12-10-15)21(4)14-17-8-7-13-20(17)3/h9-12,17-19H,5-8,13-14H2,1-4H3. The van der Waals surface area contributed by atoms with Crippen LogP contribution < -0.4 is 10.2 Å². The van der Waals surface area contributed by atoms with Gasteiger partial charge in [0, 0.05) is 31.4 Å². The highest BCUT2D eigenvalue weighted by Gasteiger charge is 2.22. The highest BCUT2D eigenvalue weighted by atomic mass is 15.2. The van der Waals surface area contributed by atoms with Gasteiger partial charge in [0.2, 0.25) is 0 Å². The molecule has 1 saturated heterocycles. The summed E-state index contributed by atoms with van der Waals surface area (Å²) < 4.78 is 0. The first-order valence-electron chi connectivity index (χ1n) is 8.40. The Kier molecular flexibility index (Phi) is 6.07. The van der Waals surface area contributed by atoms with Gasteiger partial charge in [-0.1, -0.05) is 26.0 Å². The van der Waals surface area contributed by atoms with Crippen molar-refractivity contribution in [3.05, 3.63) is 29.8 Å². The summed E-state index contributed by atoms with van der Waals surface area (Å²) in [4.78, 5) is 4.88. The van der Waals surface area contributed by atoms with Gasteiger partial charge in [0.15, 0.2) is 0 Å². The molecule has 1 aliphatic heterocycles. The molecule has 1 aromatic carbocycles. The molecule has 0 amide bonds. The minimum absolute atomic E-state index is 0.482. The largest absolute Gasteiger partial charge is 0.373 e. The molecule has 0 spiro atoms. The van der Waals surface area contributed by atoms with Crippen molar-refractivity contribution in [2.75, 3.05) is 38.6 Å². The molecule has 0 radical (unpaired) electrons. The molecule has 3 nitrogen and oxygen atoms in total. The van der Waals surface area contributed by atoms with E-state index in [2.05, 4.69) is 67.3 Å². The first-order valence-corrected chi connectivity index (χ1v) is 8.40. The van der Waals surface area contributed by atoms with Crippen molar-refractivity contribution in [3.63, 3.8) is 0 Å². The molecule has 2 atom stereocenters. The number of hydrogen-bond donors (Lipinski definition) is 1. The summed E-state index contributed by atoms with van der Waals surface area (Å²) in [5.41, 5.74) is 2.72. The molecule has 0 aromatic heterocycles. The van der Waals surface area contributed by atoms with Crippen LogP contribution in [0.25, 0.3) is 0 Å². The number of nitrogens with one attached hydrogen (secondary N) is 1. The third kappa shape index (κ3) is 4.21. The van der Waals surface area contributed by atoms with E-state index in [1.807, 2.05) is 0 Å². The minimum Gasteiger partial charge on any atom is -0.373 e. The Morgan fingerprint density at radius 2 is 2.00 bits per heavy atom. The van der Waals surface area contributed by atoms with Crippen LogP contribution >= 0.6 is 0 Å². The molecule has 1 aliphatic rings. The average molecular weight is 289 g/mol. The van der Waals surface area contributed by atoms with Gasteiger partial charge in [-0.3, -0.25) is 0 Å². The van der Waals surface area contributed by atoms with E-state index in [4.69, 9.17) is 0 Å². The van der Waals surface area contributed by atoms with E-state index in [-0.39, 0.29) is 0 Å². The van der Waals surface area contributed by atoms with Crippen LogP contribution in [0, 0.1) is 0 Å². The highest BCUT2D eigenvalue weighted by Crippen LogP contribution is 2.22. The lowest BCUT2D eigenvalue weighted by Gasteiger charge is -2.27. The van der Waals surface area contributed by atoms with E-state index in [0.717, 1.165) is 19.5 Å². The number of likely N-dealkylation sites (N-methyl/N-ethyl adjacent to an activating group) is 2. The summed E-state index contributed by atoms with van der Waals surface area (Å²) in [6.45, 7) is 7.80. The summed E-state index contributed by atoms with van der Waals surface area (Å²) in [7, 11) is 4.46. The van der Waals surface area contributed by atoms with Crippen LogP contribution in [0.5, 0.6) is 0 Å². The van der Waals surface area contributed by atoms with Gasteiger partial charge in [0.25, 0.3) is 0 Å². The van der Waals surface area contributed by atoms with Gasteiger partial charge >= 0.3 is 0 Å². The Labute approximate surface area is 130 Å². The van der Waals surface area contributed by atoms with Crippen LogP contribution in [-0.4, -0.2) is 44.7 Å². The summed E-state index contributed by atoms with van der Waals surface area (Å²) in [5, 5.41) is 3.54. The van der Waals surface area contributed by atoms with Crippen LogP contribution in [0.2, 0.25) is 0 Å². The highest BCUT2D eigenvalue weighted by molar-refractivity contribution is 5.47. The molecule has 21 heavy (non-hydrogen) atoms. The van der Waals surface area contributed by atoms with E-state index >= 15 is 0 Å². The Balaban J connectivity index is 1.97. The first kappa shape index (κ1) is 16.3. The molecule has 1 N–H and O–H groups in total. The fourth-order valence-corrected chi connectivity index (χ4v) is 3.34. The minimum atomic E-state index is 0.482. The van der Waals surface area contributed by atoms with Crippen LogP contribution in [-0.2, 0) is 0 Å². The predicted octanol–water partition coefficient (Wildman–Crippen LogP) is 3.28. The summed E-state index contributed by atoms with van der Waals surface area (Å²) in [6, 6.07) is 10.3. The summed E-state index contributed by atoms with van der Waals surface area (Å²) in [6.07, 6.45) is 3.81. The van der Waals surface area contributed by atoms with E-state index in [1.165, 1.54) is 30.6 Å². The van der Waals surface area contributed by atoms with Crippen LogP contribution in [0.3, 0.4) is 0 Å². The molecule has 2 rings (SSSR count). The van der Waals surface area contributed by atoms with Crippen LogP contribution in [0.1, 0.15) is 44.7 Å². The lowest BCUT2D eigenvalue weighted by atomic mass is 10.0. The SMILES string of the molecule is CCNC(CC)c1ccc(N(C)CC2CCCN2C)cc1. The molecule has 118 valence electrons. The molecule has 1 fully saturated rings. The second kappa shape index (κ2) is 7.81. The number of hydrogen-bond acceptors (Lipinski definition) is 3. The van der Waals surface area contributed by atoms with Crippen molar-refractivity contribution < 1.29 is 0 Å². The van der Waals surface area contributed by atoms with Gasteiger partial charge in [-0.15, -0.1) is 0 Å². The maximum Gasteiger partial charge on any atom is 0.0364 e. The Morgan fingerprint density at radius 1 is 1.29 bits per heavy atom. The van der Waals surface area contributed by atoms with Gasteiger partial charge in [-0.2, -0.15) is 0 Å². The van der Waals surface area contributed by atoms with Gasteiger partial charge < -0.3 is 15.1 Å². The molecule has 0 bridgehead atoms. The fourth-order valence-electron chi connectivity index (χ4n) is 3.34. The maximum atomic E-state index is 3.54. The lowest BCUT2D eigenvalue weighted by molar-refractivity contribution is 0.314. The first-order chi connectivity index (χ1) is 10.2. The predicted molar refractivity (Wildman–Crippen MR) is 92.1 cm³/mol. The Bertz CT molecular complexity index is 415. The smallest absolute Gasteiger partial charge is 0.0364 e. The molecule has 1 heterocycles. The van der Waals surface area contributed by atoms with Gasteiger partial charge in [0.05, 0.1) is 0 Å². The number of likely N-dealkylation sites (tertiary alicyclic amines) is 1. The van der Waals surface area contributed by atoms with E-state index in [0.29, 0.717) is 12.1 Å². The van der Waals surface area contributed by atoms with Crippen molar-refractivity contribution in [3.8, 4) is 0 Å². The molecular formula is C18H31N3. The van der Waals surface area contributed by atoms with Crippen LogP contribution in [0.4, 0.5) is 5.69 Å². The zero-order chi connectivity index (χ0) is 15.2. The monoisotopic (exact) mass is 289 g/mol. The Hall–Kier alpha value is -1.06. The quantitative estimate of drug-likeness (QED) is 0.831. The molecule has 0 saturated carbocycles. The van der Waals surface area contributed by atoms with Crippen molar-refractivity contribution >= 4 is 5.69 Å². The van der Waals surface area contributed by atoms with E-state index < -0.39 is 0 Å². The number of benzene rings is 1. The zero-order valence-corrected chi connectivity index (χ0v) is 14.1. The molecule has 3 heteroatoms. The molecular weight excluding hydrogens is 258 g/mol. The van der Waals surface area contributed by atoms with E-state index in [9.17, 15) is 0 Å². The van der Waals surface area contributed by atoms with Crippen molar-refractivity contribution in [2.45, 2.75) is 45.2 Å². The van der Waals surface area contributed by atoms with Gasteiger partial charge in [-0.25, -0.2) is 0 Å². The van der Waals surface area contributed by atoms with Gasteiger partial charge in [-0.05, 0) is 57.1 Å². The van der Waals surface area contributed by atoms with Crippen molar-refractivity contribution in [1.82, 2.24) is 10.2 Å². The van der Waals surface area contributed by atoms with E-state index in [1.54, 1.807) is 0 Å². The number of nitrogens with zero attached hydrogens (tertiary/aromatic N) is 2.